The van der Waals surface area contributed by atoms with Crippen molar-refractivity contribution in [3.8, 4) is 17.1 Å². The molecule has 82 valence electrons. The zero-order valence-corrected chi connectivity index (χ0v) is 9.19. The third-order valence-electron chi connectivity index (χ3n) is 2.58. The molecule has 0 saturated heterocycles. The standard InChI is InChI=1S/C14H11N3/c1-2-8-15-13(5-1)14-7-6-12(11-16-14)17-9-3-4-10-17/h1-11H. The summed E-state index contributed by atoms with van der Waals surface area (Å²) < 4.78 is 2.02. The Morgan fingerprint density at radius 2 is 1.59 bits per heavy atom. The minimum atomic E-state index is 0.890. The van der Waals surface area contributed by atoms with Gasteiger partial charge in [0, 0.05) is 18.6 Å². The fourth-order valence-corrected chi connectivity index (χ4v) is 1.71. The SMILES string of the molecule is c1ccc(-c2ccc(-n3cccc3)cn2)nc1. The maximum atomic E-state index is 4.42. The van der Waals surface area contributed by atoms with E-state index in [-0.39, 0.29) is 0 Å². The zero-order valence-electron chi connectivity index (χ0n) is 9.19. The molecule has 0 aliphatic carbocycles. The number of rotatable bonds is 2. The van der Waals surface area contributed by atoms with Crippen LogP contribution in [0.15, 0.2) is 67.3 Å². The molecule has 0 aromatic carbocycles. The minimum Gasteiger partial charge on any atom is -0.322 e. The van der Waals surface area contributed by atoms with E-state index in [1.165, 1.54) is 0 Å². The van der Waals surface area contributed by atoms with Crippen LogP contribution in [0, 0.1) is 0 Å². The molecule has 0 atom stereocenters. The Morgan fingerprint density at radius 3 is 2.24 bits per heavy atom. The zero-order chi connectivity index (χ0) is 11.5. The Hall–Kier alpha value is -2.42. The summed E-state index contributed by atoms with van der Waals surface area (Å²) in [5.74, 6) is 0. The first kappa shape index (κ1) is 9.78. The summed E-state index contributed by atoms with van der Waals surface area (Å²) in [6.45, 7) is 0. The van der Waals surface area contributed by atoms with E-state index in [1.54, 1.807) is 6.20 Å². The van der Waals surface area contributed by atoms with Crippen LogP contribution in [0.4, 0.5) is 0 Å². The van der Waals surface area contributed by atoms with Crippen molar-refractivity contribution in [3.05, 3.63) is 67.3 Å². The largest absolute Gasteiger partial charge is 0.322 e. The van der Waals surface area contributed by atoms with Gasteiger partial charge in [-0.15, -0.1) is 0 Å². The van der Waals surface area contributed by atoms with E-state index >= 15 is 0 Å². The van der Waals surface area contributed by atoms with E-state index in [0.29, 0.717) is 0 Å². The van der Waals surface area contributed by atoms with Gasteiger partial charge in [0.25, 0.3) is 0 Å². The molecule has 3 heteroatoms. The predicted octanol–water partition coefficient (Wildman–Crippen LogP) is 2.93. The number of aromatic nitrogens is 3. The van der Waals surface area contributed by atoms with Crippen molar-refractivity contribution in [3.63, 3.8) is 0 Å². The molecule has 3 aromatic rings. The number of hydrogen-bond acceptors (Lipinski definition) is 2. The fraction of sp³-hybridized carbons (Fsp3) is 0. The van der Waals surface area contributed by atoms with Crippen molar-refractivity contribution in [1.82, 2.24) is 14.5 Å². The van der Waals surface area contributed by atoms with Crippen LogP contribution >= 0.6 is 0 Å². The van der Waals surface area contributed by atoms with Gasteiger partial charge in [0.2, 0.25) is 0 Å². The summed E-state index contributed by atoms with van der Waals surface area (Å²) in [4.78, 5) is 8.69. The molecular formula is C14H11N3. The van der Waals surface area contributed by atoms with Crippen LogP contribution in [-0.2, 0) is 0 Å². The Balaban J connectivity index is 1.96. The predicted molar refractivity (Wildman–Crippen MR) is 66.8 cm³/mol. The maximum Gasteiger partial charge on any atom is 0.0887 e. The van der Waals surface area contributed by atoms with Gasteiger partial charge in [0.1, 0.15) is 0 Å². The summed E-state index contributed by atoms with van der Waals surface area (Å²) in [6.07, 6.45) is 7.62. The smallest absolute Gasteiger partial charge is 0.0887 e. The maximum absolute atomic E-state index is 4.42. The topological polar surface area (TPSA) is 30.7 Å². The van der Waals surface area contributed by atoms with Gasteiger partial charge in [-0.05, 0) is 36.4 Å². The molecule has 0 aliphatic rings. The molecule has 3 heterocycles. The molecule has 0 N–H and O–H groups in total. The van der Waals surface area contributed by atoms with Gasteiger partial charge in [-0.2, -0.15) is 0 Å². The van der Waals surface area contributed by atoms with Crippen molar-refractivity contribution < 1.29 is 0 Å². The second-order valence-corrected chi connectivity index (χ2v) is 3.71. The first-order valence-electron chi connectivity index (χ1n) is 5.44. The van der Waals surface area contributed by atoms with Gasteiger partial charge in [-0.25, -0.2) is 0 Å². The molecule has 3 nitrogen and oxygen atoms in total. The van der Waals surface area contributed by atoms with Crippen LogP contribution in [0.25, 0.3) is 17.1 Å². The highest BCUT2D eigenvalue weighted by atomic mass is 15.0. The first-order chi connectivity index (χ1) is 8.43. The molecule has 0 spiro atoms. The highest BCUT2D eigenvalue weighted by molar-refractivity contribution is 5.54. The monoisotopic (exact) mass is 221 g/mol. The molecule has 3 rings (SSSR count). The summed E-state index contributed by atoms with van der Waals surface area (Å²) in [5, 5.41) is 0. The Labute approximate surface area is 99.4 Å². The third kappa shape index (κ3) is 1.95. The molecule has 0 aliphatic heterocycles. The lowest BCUT2D eigenvalue weighted by Crippen LogP contribution is -1.92. The van der Waals surface area contributed by atoms with Gasteiger partial charge >= 0.3 is 0 Å². The van der Waals surface area contributed by atoms with Crippen LogP contribution in [0.3, 0.4) is 0 Å². The first-order valence-corrected chi connectivity index (χ1v) is 5.44. The highest BCUT2D eigenvalue weighted by Gasteiger charge is 2.00. The normalized spacial score (nSPS) is 10.4. The van der Waals surface area contributed by atoms with Crippen LogP contribution < -0.4 is 0 Å². The molecule has 0 saturated carbocycles. The van der Waals surface area contributed by atoms with Crippen molar-refractivity contribution in [1.29, 1.82) is 0 Å². The van der Waals surface area contributed by atoms with Crippen LogP contribution in [0.5, 0.6) is 0 Å². The van der Waals surface area contributed by atoms with Crippen molar-refractivity contribution in [2.24, 2.45) is 0 Å². The van der Waals surface area contributed by atoms with Crippen molar-refractivity contribution >= 4 is 0 Å². The number of nitrogens with zero attached hydrogens (tertiary/aromatic N) is 3. The van der Waals surface area contributed by atoms with Crippen LogP contribution in [-0.4, -0.2) is 14.5 Å². The average molecular weight is 221 g/mol. The fourth-order valence-electron chi connectivity index (χ4n) is 1.71. The van der Waals surface area contributed by atoms with Gasteiger partial charge in [-0.3, -0.25) is 9.97 Å². The van der Waals surface area contributed by atoms with Crippen LogP contribution in [0.2, 0.25) is 0 Å². The quantitative estimate of drug-likeness (QED) is 0.666. The Morgan fingerprint density at radius 1 is 0.765 bits per heavy atom. The summed E-state index contributed by atoms with van der Waals surface area (Å²) in [7, 11) is 0. The molecule has 0 amide bonds. The van der Waals surface area contributed by atoms with E-state index in [2.05, 4.69) is 9.97 Å². The van der Waals surface area contributed by atoms with E-state index < -0.39 is 0 Å². The van der Waals surface area contributed by atoms with Gasteiger partial charge in [-0.1, -0.05) is 6.07 Å². The van der Waals surface area contributed by atoms with Gasteiger partial charge in [0.15, 0.2) is 0 Å². The highest BCUT2D eigenvalue weighted by Crippen LogP contribution is 2.15. The molecule has 0 bridgehead atoms. The molecule has 0 fully saturated rings. The van der Waals surface area contributed by atoms with E-state index in [4.69, 9.17) is 0 Å². The van der Waals surface area contributed by atoms with Crippen molar-refractivity contribution in [2.75, 3.05) is 0 Å². The lowest BCUT2D eigenvalue weighted by atomic mass is 10.2. The average Bonchev–Trinajstić information content (AvgIpc) is 2.94. The summed E-state index contributed by atoms with van der Waals surface area (Å²) >= 11 is 0. The molecule has 17 heavy (non-hydrogen) atoms. The minimum absolute atomic E-state index is 0.890. The van der Waals surface area contributed by atoms with E-state index in [9.17, 15) is 0 Å². The second kappa shape index (κ2) is 4.22. The second-order valence-electron chi connectivity index (χ2n) is 3.71. The molecule has 0 unspecified atom stereocenters. The van der Waals surface area contributed by atoms with Gasteiger partial charge < -0.3 is 4.57 Å². The number of pyridine rings is 2. The summed E-state index contributed by atoms with van der Waals surface area (Å²) in [6, 6.07) is 13.8. The lowest BCUT2D eigenvalue weighted by molar-refractivity contribution is 1.06. The Kier molecular flexibility index (Phi) is 2.43. The third-order valence-corrected chi connectivity index (χ3v) is 2.58. The molecule has 0 radical (unpaired) electrons. The van der Waals surface area contributed by atoms with E-state index in [0.717, 1.165) is 17.1 Å². The van der Waals surface area contributed by atoms with E-state index in [1.807, 2.05) is 65.6 Å². The molecular weight excluding hydrogens is 210 g/mol. The lowest BCUT2D eigenvalue weighted by Gasteiger charge is -2.03. The van der Waals surface area contributed by atoms with Gasteiger partial charge in [0.05, 0.1) is 23.3 Å². The number of hydrogen-bond donors (Lipinski definition) is 0. The summed E-state index contributed by atoms with van der Waals surface area (Å²) in [5.41, 5.74) is 2.84. The molecule has 3 aromatic heterocycles. The Bertz CT molecular complexity index is 583. The van der Waals surface area contributed by atoms with Crippen LogP contribution in [0.1, 0.15) is 0 Å². The van der Waals surface area contributed by atoms with Crippen molar-refractivity contribution in [2.45, 2.75) is 0 Å².